The SMILES string of the molecule is CC(C)C(=O)Oc1cnc(-c2ccccc2)o1. The third kappa shape index (κ3) is 2.72. The van der Waals surface area contributed by atoms with Gasteiger partial charge in [-0.3, -0.25) is 4.79 Å². The van der Waals surface area contributed by atoms with Crippen LogP contribution in [0.3, 0.4) is 0 Å². The fourth-order valence-electron chi connectivity index (χ4n) is 1.24. The van der Waals surface area contributed by atoms with E-state index >= 15 is 0 Å². The van der Waals surface area contributed by atoms with Crippen LogP contribution >= 0.6 is 0 Å². The van der Waals surface area contributed by atoms with Gasteiger partial charge in [0.15, 0.2) is 0 Å². The lowest BCUT2D eigenvalue weighted by Crippen LogP contribution is -2.14. The maximum absolute atomic E-state index is 11.3. The predicted octanol–water partition coefficient (Wildman–Crippen LogP) is 2.90. The van der Waals surface area contributed by atoms with Crippen LogP contribution in [0.15, 0.2) is 40.9 Å². The van der Waals surface area contributed by atoms with E-state index in [4.69, 9.17) is 9.15 Å². The molecule has 88 valence electrons. The summed E-state index contributed by atoms with van der Waals surface area (Å²) in [6.07, 6.45) is 1.41. The number of nitrogens with zero attached hydrogens (tertiary/aromatic N) is 1. The number of hydrogen-bond donors (Lipinski definition) is 0. The lowest BCUT2D eigenvalue weighted by Gasteiger charge is -2.01. The molecule has 0 amide bonds. The Kier molecular flexibility index (Phi) is 3.23. The topological polar surface area (TPSA) is 52.3 Å². The molecule has 0 saturated carbocycles. The second-order valence-electron chi connectivity index (χ2n) is 3.93. The number of oxazole rings is 1. The van der Waals surface area contributed by atoms with Crippen LogP contribution in [0, 0.1) is 5.92 Å². The molecule has 0 radical (unpaired) electrons. The van der Waals surface area contributed by atoms with Gasteiger partial charge in [-0.25, -0.2) is 4.98 Å². The summed E-state index contributed by atoms with van der Waals surface area (Å²) >= 11 is 0. The monoisotopic (exact) mass is 231 g/mol. The molecule has 4 nitrogen and oxygen atoms in total. The van der Waals surface area contributed by atoms with Crippen molar-refractivity contribution in [3.8, 4) is 17.4 Å². The molecule has 1 aromatic heterocycles. The van der Waals surface area contributed by atoms with Gasteiger partial charge in [-0.15, -0.1) is 0 Å². The van der Waals surface area contributed by atoms with Gasteiger partial charge in [-0.2, -0.15) is 0 Å². The van der Waals surface area contributed by atoms with E-state index in [1.54, 1.807) is 13.8 Å². The van der Waals surface area contributed by atoms with Gasteiger partial charge in [0.05, 0.1) is 5.92 Å². The Bertz CT molecular complexity index is 502. The molecule has 1 aromatic carbocycles. The number of carbonyl (C=O) groups is 1. The maximum Gasteiger partial charge on any atom is 0.316 e. The van der Waals surface area contributed by atoms with Crippen LogP contribution in [0.25, 0.3) is 11.5 Å². The molecule has 0 spiro atoms. The average Bonchev–Trinajstić information content (AvgIpc) is 2.78. The summed E-state index contributed by atoms with van der Waals surface area (Å²) in [5.41, 5.74) is 0.847. The highest BCUT2D eigenvalue weighted by Crippen LogP contribution is 2.23. The van der Waals surface area contributed by atoms with Gasteiger partial charge in [0.1, 0.15) is 6.20 Å². The second kappa shape index (κ2) is 4.82. The maximum atomic E-state index is 11.3. The minimum atomic E-state index is -0.333. The summed E-state index contributed by atoms with van der Waals surface area (Å²) in [4.78, 5) is 15.4. The van der Waals surface area contributed by atoms with Crippen LogP contribution in [-0.2, 0) is 4.79 Å². The van der Waals surface area contributed by atoms with Gasteiger partial charge >= 0.3 is 11.9 Å². The molecule has 0 bridgehead atoms. The van der Waals surface area contributed by atoms with Crippen molar-refractivity contribution in [3.05, 3.63) is 36.5 Å². The fourth-order valence-corrected chi connectivity index (χ4v) is 1.24. The van der Waals surface area contributed by atoms with Gasteiger partial charge in [0.25, 0.3) is 0 Å². The third-order valence-electron chi connectivity index (χ3n) is 2.18. The Morgan fingerprint density at radius 3 is 2.65 bits per heavy atom. The summed E-state index contributed by atoms with van der Waals surface area (Å²) in [6.45, 7) is 3.52. The molecule has 0 unspecified atom stereocenters. The van der Waals surface area contributed by atoms with Crippen molar-refractivity contribution < 1.29 is 13.9 Å². The first-order chi connectivity index (χ1) is 8.16. The van der Waals surface area contributed by atoms with Crippen LogP contribution in [0.5, 0.6) is 5.95 Å². The van der Waals surface area contributed by atoms with Gasteiger partial charge in [0.2, 0.25) is 5.89 Å². The van der Waals surface area contributed by atoms with E-state index in [0.29, 0.717) is 5.89 Å². The third-order valence-corrected chi connectivity index (χ3v) is 2.18. The van der Waals surface area contributed by atoms with E-state index in [9.17, 15) is 4.79 Å². The van der Waals surface area contributed by atoms with Gasteiger partial charge in [0, 0.05) is 5.56 Å². The number of carbonyl (C=O) groups excluding carboxylic acids is 1. The largest absolute Gasteiger partial charge is 0.405 e. The molecule has 0 N–H and O–H groups in total. The molecule has 1 heterocycles. The lowest BCUT2D eigenvalue weighted by molar-refractivity contribution is -0.138. The Morgan fingerprint density at radius 1 is 1.29 bits per heavy atom. The average molecular weight is 231 g/mol. The zero-order chi connectivity index (χ0) is 12.3. The molecular formula is C13H13NO3. The van der Waals surface area contributed by atoms with Crippen molar-refractivity contribution in [3.63, 3.8) is 0 Å². The van der Waals surface area contributed by atoms with E-state index in [2.05, 4.69) is 4.98 Å². The highest BCUT2D eigenvalue weighted by Gasteiger charge is 2.13. The Hall–Kier alpha value is -2.10. The van der Waals surface area contributed by atoms with Crippen LogP contribution in [0.2, 0.25) is 0 Å². The van der Waals surface area contributed by atoms with Crippen LogP contribution in [0.1, 0.15) is 13.8 Å². The van der Waals surface area contributed by atoms with Gasteiger partial charge in [-0.05, 0) is 12.1 Å². The first-order valence-electron chi connectivity index (χ1n) is 5.40. The zero-order valence-electron chi connectivity index (χ0n) is 9.71. The number of ether oxygens (including phenoxy) is 1. The van der Waals surface area contributed by atoms with Crippen molar-refractivity contribution >= 4 is 5.97 Å². The van der Waals surface area contributed by atoms with E-state index in [1.807, 2.05) is 30.3 Å². The number of benzene rings is 1. The Balaban J connectivity index is 2.14. The highest BCUT2D eigenvalue weighted by atomic mass is 16.6. The van der Waals surface area contributed by atoms with Crippen molar-refractivity contribution in [2.75, 3.05) is 0 Å². The molecule has 0 aliphatic carbocycles. The summed E-state index contributed by atoms with van der Waals surface area (Å²) in [5, 5.41) is 0. The smallest absolute Gasteiger partial charge is 0.316 e. The van der Waals surface area contributed by atoms with Crippen LogP contribution < -0.4 is 4.74 Å². The molecule has 0 fully saturated rings. The van der Waals surface area contributed by atoms with E-state index in [-0.39, 0.29) is 17.8 Å². The molecule has 2 aromatic rings. The molecular weight excluding hydrogens is 218 g/mol. The molecule has 0 aliphatic rings. The number of rotatable bonds is 3. The summed E-state index contributed by atoms with van der Waals surface area (Å²) in [7, 11) is 0. The molecule has 0 saturated heterocycles. The van der Waals surface area contributed by atoms with Crippen molar-refractivity contribution in [1.29, 1.82) is 0 Å². The van der Waals surface area contributed by atoms with Crippen LogP contribution in [-0.4, -0.2) is 11.0 Å². The van der Waals surface area contributed by atoms with Crippen molar-refractivity contribution in [1.82, 2.24) is 4.98 Å². The highest BCUT2D eigenvalue weighted by molar-refractivity contribution is 5.73. The number of hydrogen-bond acceptors (Lipinski definition) is 4. The van der Waals surface area contributed by atoms with Crippen LogP contribution in [0.4, 0.5) is 0 Å². The summed E-state index contributed by atoms with van der Waals surface area (Å²) < 4.78 is 10.3. The molecule has 2 rings (SSSR count). The predicted molar refractivity (Wildman–Crippen MR) is 62.4 cm³/mol. The van der Waals surface area contributed by atoms with E-state index in [0.717, 1.165) is 5.56 Å². The Morgan fingerprint density at radius 2 is 2.00 bits per heavy atom. The minimum absolute atomic E-state index is 0.127. The first kappa shape index (κ1) is 11.4. The van der Waals surface area contributed by atoms with Gasteiger partial charge in [-0.1, -0.05) is 32.0 Å². The summed E-state index contributed by atoms with van der Waals surface area (Å²) in [6, 6.07) is 9.44. The molecule has 4 heteroatoms. The zero-order valence-corrected chi connectivity index (χ0v) is 9.71. The van der Waals surface area contributed by atoms with Gasteiger partial charge < -0.3 is 9.15 Å². The van der Waals surface area contributed by atoms with Crippen molar-refractivity contribution in [2.24, 2.45) is 5.92 Å². The minimum Gasteiger partial charge on any atom is -0.405 e. The quantitative estimate of drug-likeness (QED) is 0.762. The number of esters is 1. The standard InChI is InChI=1S/C13H13NO3/c1-9(2)13(15)17-11-8-14-12(16-11)10-6-4-3-5-7-10/h3-9H,1-2H3. The normalized spacial score (nSPS) is 10.5. The summed E-state index contributed by atoms with van der Waals surface area (Å²) in [5.74, 6) is 0.0424. The fraction of sp³-hybridized carbons (Fsp3) is 0.231. The Labute approximate surface area is 99.2 Å². The first-order valence-corrected chi connectivity index (χ1v) is 5.40. The van der Waals surface area contributed by atoms with E-state index < -0.39 is 0 Å². The molecule has 17 heavy (non-hydrogen) atoms. The molecule has 0 atom stereocenters. The van der Waals surface area contributed by atoms with Crippen molar-refractivity contribution in [2.45, 2.75) is 13.8 Å². The second-order valence-corrected chi connectivity index (χ2v) is 3.93. The number of aromatic nitrogens is 1. The molecule has 0 aliphatic heterocycles. The lowest BCUT2D eigenvalue weighted by atomic mass is 10.2. The van der Waals surface area contributed by atoms with E-state index in [1.165, 1.54) is 6.20 Å².